The van der Waals surface area contributed by atoms with Crippen LogP contribution < -0.4 is 0 Å². The lowest BCUT2D eigenvalue weighted by molar-refractivity contribution is -0.360. The Morgan fingerprint density at radius 1 is 1.08 bits per heavy atom. The third-order valence-electron chi connectivity index (χ3n) is 13.2. The van der Waals surface area contributed by atoms with Crippen LogP contribution in [0.2, 0.25) is 18.1 Å². The van der Waals surface area contributed by atoms with Crippen LogP contribution in [0.5, 0.6) is 0 Å². The Morgan fingerprint density at radius 3 is 2.29 bits per heavy atom. The predicted octanol–water partition coefficient (Wildman–Crippen LogP) is 5.48. The standard InChI is InChI=1S/C38H54O10Si/c1-10-28-44-30-29-22(5)25(40)20-38(42,35(29,7)8)33(46-34(41)24-17-15-14-16-18-24)31-36(9,32(30)45-28)26(48-49(11-2,12-3)13-4)19-27-37(31,21-43-27)47-23(6)39/h10,14-18,25-28,30-33,40,42H,1,11-13,19-21H2,2-9H3/t25-,26-,27+,28?,30+,31-,32+,33-,36+,37-,38+/m0/s1. The average molecular weight is 699 g/mol. The number of rotatable bonds is 9. The molecule has 0 spiro atoms. The van der Waals surface area contributed by atoms with E-state index in [-0.39, 0.29) is 13.0 Å². The monoisotopic (exact) mass is 698 g/mol. The second-order valence-electron chi connectivity index (χ2n) is 15.6. The number of ether oxygens (including phenoxy) is 5. The summed E-state index contributed by atoms with van der Waals surface area (Å²) >= 11 is 0. The molecule has 0 radical (unpaired) electrons. The molecule has 2 N–H and O–H groups in total. The molecule has 49 heavy (non-hydrogen) atoms. The zero-order valence-corrected chi connectivity index (χ0v) is 31.2. The number of carbonyl (C=O) groups is 2. The fourth-order valence-corrected chi connectivity index (χ4v) is 13.0. The molecule has 1 aromatic carbocycles. The van der Waals surface area contributed by atoms with Gasteiger partial charge >= 0.3 is 11.9 Å². The second-order valence-corrected chi connectivity index (χ2v) is 20.3. The van der Waals surface area contributed by atoms with Gasteiger partial charge in [0, 0.05) is 30.6 Å². The minimum absolute atomic E-state index is 0.0332. The SMILES string of the molecule is C=CC1O[C@@H]2C3=C(C)[C@@H](O)C[C@@](O)([C@@H](OC(=O)c4ccccc4)[C@@H]4[C@]5(OC(C)=O)CO[C@@H]5C[C@H](O[Si](CC)(CC)CC)[C@@]4(C)[C@@H]2O1)C3(C)C. The Bertz CT molecular complexity index is 1480. The third-order valence-corrected chi connectivity index (χ3v) is 17.8. The van der Waals surface area contributed by atoms with Crippen molar-refractivity contribution in [2.45, 2.75) is 140 Å². The van der Waals surface area contributed by atoms with Gasteiger partial charge in [-0.25, -0.2) is 4.79 Å². The van der Waals surface area contributed by atoms with Gasteiger partial charge in [0.1, 0.15) is 23.9 Å². The Kier molecular flexibility index (Phi) is 9.42. The van der Waals surface area contributed by atoms with Crippen LogP contribution in [0.3, 0.4) is 0 Å². The van der Waals surface area contributed by atoms with Crippen LogP contribution in [-0.4, -0.2) is 91.2 Å². The minimum Gasteiger partial charge on any atom is -0.455 e. The van der Waals surface area contributed by atoms with Gasteiger partial charge in [-0.2, -0.15) is 0 Å². The highest BCUT2D eigenvalue weighted by atomic mass is 28.4. The summed E-state index contributed by atoms with van der Waals surface area (Å²) in [4.78, 5) is 27.3. The van der Waals surface area contributed by atoms with Crippen LogP contribution in [0.15, 0.2) is 54.1 Å². The summed E-state index contributed by atoms with van der Waals surface area (Å²) in [5.41, 5.74) is -3.66. The second kappa shape index (κ2) is 12.7. The Hall–Kier alpha value is -2.38. The van der Waals surface area contributed by atoms with Crippen LogP contribution in [0.25, 0.3) is 0 Å². The summed E-state index contributed by atoms with van der Waals surface area (Å²) in [6.07, 6.45) is -3.85. The van der Waals surface area contributed by atoms with Gasteiger partial charge in [-0.1, -0.05) is 66.3 Å². The van der Waals surface area contributed by atoms with Gasteiger partial charge in [-0.05, 0) is 54.4 Å². The number of hydrogen-bond donors (Lipinski definition) is 2. The first kappa shape index (κ1) is 36.4. The summed E-state index contributed by atoms with van der Waals surface area (Å²) in [5.74, 6) is -2.05. The molecule has 2 bridgehead atoms. The van der Waals surface area contributed by atoms with E-state index in [0.29, 0.717) is 23.1 Å². The number of carbonyl (C=O) groups excluding carboxylic acids is 2. The summed E-state index contributed by atoms with van der Waals surface area (Å²) in [5, 5.41) is 25.1. The van der Waals surface area contributed by atoms with E-state index in [1.807, 2.05) is 26.8 Å². The van der Waals surface area contributed by atoms with Gasteiger partial charge < -0.3 is 38.3 Å². The molecule has 2 aliphatic heterocycles. The third kappa shape index (κ3) is 5.25. The van der Waals surface area contributed by atoms with Crippen molar-refractivity contribution >= 4 is 20.3 Å². The molecule has 4 fully saturated rings. The fraction of sp³-hybridized carbons (Fsp3) is 0.684. The quantitative estimate of drug-likeness (QED) is 0.194. The number of benzene rings is 1. The molecule has 1 unspecified atom stereocenters. The van der Waals surface area contributed by atoms with E-state index < -0.39 is 91.1 Å². The smallest absolute Gasteiger partial charge is 0.338 e. The molecule has 1 aromatic rings. The van der Waals surface area contributed by atoms with Crippen LogP contribution >= 0.6 is 0 Å². The van der Waals surface area contributed by atoms with Gasteiger partial charge in [-0.15, -0.1) is 0 Å². The molecule has 2 saturated heterocycles. The van der Waals surface area contributed by atoms with Crippen molar-refractivity contribution < 1.29 is 47.9 Å². The Labute approximate surface area is 291 Å². The predicted molar refractivity (Wildman–Crippen MR) is 184 cm³/mol. The van der Waals surface area contributed by atoms with E-state index in [0.717, 1.165) is 18.1 Å². The maximum absolute atomic E-state index is 14.2. The Balaban J connectivity index is 1.68. The average Bonchev–Trinajstić information content (AvgIpc) is 3.50. The molecule has 270 valence electrons. The lowest BCUT2D eigenvalue weighted by Crippen LogP contribution is -2.82. The largest absolute Gasteiger partial charge is 0.455 e. The van der Waals surface area contributed by atoms with Crippen molar-refractivity contribution in [1.82, 2.24) is 0 Å². The molecular weight excluding hydrogens is 644 g/mol. The zero-order chi connectivity index (χ0) is 35.7. The number of aliphatic hydroxyl groups excluding tert-OH is 1. The number of esters is 2. The van der Waals surface area contributed by atoms with E-state index in [4.69, 9.17) is 28.1 Å². The molecule has 5 aliphatic rings. The van der Waals surface area contributed by atoms with Gasteiger partial charge in [0.15, 0.2) is 20.2 Å². The summed E-state index contributed by atoms with van der Waals surface area (Å²) in [6, 6.07) is 11.3. The summed E-state index contributed by atoms with van der Waals surface area (Å²) < 4.78 is 40.2. The first-order valence-electron chi connectivity index (χ1n) is 17.9. The molecule has 2 heterocycles. The van der Waals surface area contributed by atoms with Crippen molar-refractivity contribution in [3.05, 3.63) is 59.7 Å². The van der Waals surface area contributed by atoms with Crippen molar-refractivity contribution in [2.75, 3.05) is 6.61 Å². The first-order valence-corrected chi connectivity index (χ1v) is 20.4. The topological polar surface area (TPSA) is 130 Å². The highest BCUT2D eigenvalue weighted by Crippen LogP contribution is 2.67. The minimum atomic E-state index is -2.32. The Morgan fingerprint density at radius 2 is 1.73 bits per heavy atom. The van der Waals surface area contributed by atoms with E-state index in [1.54, 1.807) is 30.3 Å². The molecule has 0 aromatic heterocycles. The maximum Gasteiger partial charge on any atom is 0.338 e. The number of aliphatic hydroxyl groups is 2. The molecule has 11 atom stereocenters. The van der Waals surface area contributed by atoms with E-state index in [9.17, 15) is 19.8 Å². The highest BCUT2D eigenvalue weighted by Gasteiger charge is 2.79. The van der Waals surface area contributed by atoms with Crippen LogP contribution in [0.4, 0.5) is 0 Å². The van der Waals surface area contributed by atoms with E-state index in [1.165, 1.54) is 6.92 Å². The lowest BCUT2D eigenvalue weighted by atomic mass is 9.44. The number of hydrogen-bond acceptors (Lipinski definition) is 10. The van der Waals surface area contributed by atoms with Crippen LogP contribution in [-0.2, 0) is 32.9 Å². The molecule has 6 rings (SSSR count). The summed E-state index contributed by atoms with van der Waals surface area (Å²) in [7, 11) is -2.32. The lowest BCUT2D eigenvalue weighted by Gasteiger charge is -2.69. The molecular formula is C38H54O10Si. The van der Waals surface area contributed by atoms with Gasteiger partial charge in [-0.3, -0.25) is 4.79 Å². The molecule has 10 nitrogen and oxygen atoms in total. The molecule has 11 heteroatoms. The van der Waals surface area contributed by atoms with E-state index >= 15 is 0 Å². The molecule has 0 amide bonds. The van der Waals surface area contributed by atoms with Crippen molar-refractivity contribution in [1.29, 1.82) is 0 Å². The molecule has 2 saturated carbocycles. The first-order chi connectivity index (χ1) is 23.1. The molecule has 3 aliphatic carbocycles. The normalized spacial score (nSPS) is 40.9. The number of fused-ring (bicyclic) bond motifs is 8. The highest BCUT2D eigenvalue weighted by molar-refractivity contribution is 6.73. The van der Waals surface area contributed by atoms with E-state index in [2.05, 4.69) is 34.3 Å². The van der Waals surface area contributed by atoms with Gasteiger partial charge in [0.25, 0.3) is 0 Å². The fourth-order valence-electron chi connectivity index (χ4n) is 10.1. The van der Waals surface area contributed by atoms with Crippen molar-refractivity contribution in [3.63, 3.8) is 0 Å². The van der Waals surface area contributed by atoms with Crippen LogP contribution in [0.1, 0.15) is 78.6 Å². The van der Waals surface area contributed by atoms with Crippen molar-refractivity contribution in [2.24, 2.45) is 16.7 Å². The van der Waals surface area contributed by atoms with Crippen LogP contribution in [0, 0.1) is 16.7 Å². The maximum atomic E-state index is 14.2. The summed E-state index contributed by atoms with van der Waals surface area (Å²) in [6.45, 7) is 19.6. The zero-order valence-electron chi connectivity index (χ0n) is 30.2. The van der Waals surface area contributed by atoms with Gasteiger partial charge in [0.2, 0.25) is 0 Å². The van der Waals surface area contributed by atoms with Crippen molar-refractivity contribution in [3.8, 4) is 0 Å². The van der Waals surface area contributed by atoms with Gasteiger partial charge in [0.05, 0.1) is 36.4 Å².